The fourth-order valence-corrected chi connectivity index (χ4v) is 1.64. The number of carbonyl (C=O) groups is 1. The molecule has 0 aliphatic rings. The number of pyridine rings is 1. The molecule has 4 heteroatoms. The molecule has 0 aliphatic carbocycles. The Bertz CT molecular complexity index is 581. The summed E-state index contributed by atoms with van der Waals surface area (Å²) in [5.41, 5.74) is 0.707. The minimum Gasteiger partial charge on any atom is -0.294 e. The second-order valence-corrected chi connectivity index (χ2v) is 3.60. The molecule has 0 saturated heterocycles. The van der Waals surface area contributed by atoms with E-state index in [0.29, 0.717) is 0 Å². The van der Waals surface area contributed by atoms with Gasteiger partial charge >= 0.3 is 0 Å². The predicted octanol–water partition coefficient (Wildman–Crippen LogP) is 3.23. The van der Waals surface area contributed by atoms with Crippen LogP contribution in [0.2, 0.25) is 0 Å². The normalized spacial score (nSPS) is 10.3. The number of rotatable bonds is 2. The minimum atomic E-state index is -0.583. The van der Waals surface area contributed by atoms with Gasteiger partial charge in [0, 0.05) is 17.3 Å². The van der Waals surface area contributed by atoms with Crippen LogP contribution in [-0.4, -0.2) is 10.8 Å². The van der Waals surface area contributed by atoms with Crippen LogP contribution < -0.4 is 0 Å². The molecule has 0 atom stereocenters. The molecule has 1 heterocycles. The Morgan fingerprint density at radius 2 is 1.94 bits per heavy atom. The van der Waals surface area contributed by atoms with Gasteiger partial charge in [-0.2, -0.15) is 0 Å². The Hall–Kier alpha value is -2.10. The summed E-state index contributed by atoms with van der Waals surface area (Å²) in [6.07, 6.45) is 2.43. The van der Waals surface area contributed by atoms with Gasteiger partial charge in [0.15, 0.2) is 5.78 Å². The number of benzene rings is 1. The van der Waals surface area contributed by atoms with Gasteiger partial charge in [-0.25, -0.2) is 8.78 Å². The molecule has 2 nitrogen and oxygen atoms in total. The van der Waals surface area contributed by atoms with Crippen molar-refractivity contribution in [2.24, 2.45) is 0 Å². The lowest BCUT2D eigenvalue weighted by molar-refractivity contribution is 0.101. The molecule has 0 bridgehead atoms. The highest BCUT2D eigenvalue weighted by molar-refractivity contribution is 6.00. The number of carbonyl (C=O) groups excluding carboxylic acids is 1. The summed E-state index contributed by atoms with van der Waals surface area (Å²) in [4.78, 5) is 15.0. The van der Waals surface area contributed by atoms with Crippen molar-refractivity contribution >= 4 is 5.78 Å². The molecule has 0 radical (unpaired) electrons. The SMILES string of the molecule is CC(=O)c1ccc(F)cc1-c1ccncc1F. The molecule has 86 valence electrons. The van der Waals surface area contributed by atoms with Crippen LogP contribution in [0, 0.1) is 11.6 Å². The zero-order valence-electron chi connectivity index (χ0n) is 9.08. The van der Waals surface area contributed by atoms with Gasteiger partial charge in [-0.3, -0.25) is 9.78 Å². The van der Waals surface area contributed by atoms with Crippen LogP contribution in [0.5, 0.6) is 0 Å². The Kier molecular flexibility index (Phi) is 2.95. The summed E-state index contributed by atoms with van der Waals surface area (Å²) in [7, 11) is 0. The van der Waals surface area contributed by atoms with Crippen molar-refractivity contribution in [2.45, 2.75) is 6.92 Å². The van der Waals surface area contributed by atoms with Crippen LogP contribution in [0.3, 0.4) is 0 Å². The van der Waals surface area contributed by atoms with Crippen LogP contribution in [0.1, 0.15) is 17.3 Å². The van der Waals surface area contributed by atoms with Gasteiger partial charge < -0.3 is 0 Å². The fraction of sp³-hybridized carbons (Fsp3) is 0.0769. The van der Waals surface area contributed by atoms with Crippen LogP contribution >= 0.6 is 0 Å². The zero-order valence-corrected chi connectivity index (χ0v) is 9.08. The molecule has 0 aliphatic heterocycles. The van der Waals surface area contributed by atoms with Gasteiger partial charge in [-0.15, -0.1) is 0 Å². The minimum absolute atomic E-state index is 0.171. The number of aromatic nitrogens is 1. The molecule has 17 heavy (non-hydrogen) atoms. The first-order valence-electron chi connectivity index (χ1n) is 5.00. The summed E-state index contributed by atoms with van der Waals surface area (Å²) in [6.45, 7) is 1.36. The molecule has 0 unspecified atom stereocenters. The van der Waals surface area contributed by atoms with E-state index in [1.807, 2.05) is 0 Å². The van der Waals surface area contributed by atoms with E-state index in [1.54, 1.807) is 0 Å². The van der Waals surface area contributed by atoms with Gasteiger partial charge in [-0.1, -0.05) is 0 Å². The summed E-state index contributed by atoms with van der Waals surface area (Å²) < 4.78 is 26.7. The highest BCUT2D eigenvalue weighted by Gasteiger charge is 2.13. The van der Waals surface area contributed by atoms with E-state index in [4.69, 9.17) is 0 Å². The van der Waals surface area contributed by atoms with Crippen LogP contribution in [-0.2, 0) is 0 Å². The van der Waals surface area contributed by atoms with Crippen LogP contribution in [0.4, 0.5) is 8.78 Å². The molecule has 2 rings (SSSR count). The zero-order chi connectivity index (χ0) is 12.4. The lowest BCUT2D eigenvalue weighted by Crippen LogP contribution is -1.98. The number of Topliss-reactive ketones (excluding diaryl/α,β-unsaturated/α-hetero) is 1. The fourth-order valence-electron chi connectivity index (χ4n) is 1.64. The standard InChI is InChI=1S/C13H9F2NO/c1-8(17)10-3-2-9(14)6-12(10)11-4-5-16-7-13(11)15/h2-7H,1H3. The maximum absolute atomic E-state index is 13.6. The van der Waals surface area contributed by atoms with Crippen molar-refractivity contribution in [3.05, 3.63) is 53.9 Å². The van der Waals surface area contributed by atoms with Crippen LogP contribution in [0.15, 0.2) is 36.7 Å². The molecule has 2 aromatic rings. The van der Waals surface area contributed by atoms with E-state index in [2.05, 4.69) is 4.98 Å². The van der Waals surface area contributed by atoms with Crippen molar-refractivity contribution in [2.75, 3.05) is 0 Å². The first kappa shape index (κ1) is 11.4. The second-order valence-electron chi connectivity index (χ2n) is 3.60. The summed E-state index contributed by atoms with van der Waals surface area (Å²) >= 11 is 0. The molecular weight excluding hydrogens is 224 g/mol. The molecule has 0 saturated carbocycles. The van der Waals surface area contributed by atoms with Gasteiger partial charge in [-0.05, 0) is 36.8 Å². The quantitative estimate of drug-likeness (QED) is 0.745. The van der Waals surface area contributed by atoms with Crippen molar-refractivity contribution < 1.29 is 13.6 Å². The van der Waals surface area contributed by atoms with Crippen molar-refractivity contribution in [1.29, 1.82) is 0 Å². The molecule has 0 fully saturated rings. The summed E-state index contributed by atoms with van der Waals surface area (Å²) in [5.74, 6) is -1.34. The average Bonchev–Trinajstić information content (AvgIpc) is 2.29. The molecule has 1 aromatic carbocycles. The van der Waals surface area contributed by atoms with Gasteiger partial charge in [0.25, 0.3) is 0 Å². The highest BCUT2D eigenvalue weighted by atomic mass is 19.1. The smallest absolute Gasteiger partial charge is 0.160 e. The summed E-state index contributed by atoms with van der Waals surface area (Å²) in [6, 6.07) is 5.10. The maximum Gasteiger partial charge on any atom is 0.160 e. The van der Waals surface area contributed by atoms with Crippen molar-refractivity contribution in [3.8, 4) is 11.1 Å². The maximum atomic E-state index is 13.6. The van der Waals surface area contributed by atoms with E-state index in [1.165, 1.54) is 31.3 Å². The van der Waals surface area contributed by atoms with Gasteiger partial charge in [0.05, 0.1) is 6.20 Å². The lowest BCUT2D eigenvalue weighted by Gasteiger charge is -2.08. The number of nitrogens with zero attached hydrogens (tertiary/aromatic N) is 1. The first-order valence-corrected chi connectivity index (χ1v) is 5.00. The number of hydrogen-bond acceptors (Lipinski definition) is 2. The number of halogens is 2. The van der Waals surface area contributed by atoms with E-state index in [9.17, 15) is 13.6 Å². The second kappa shape index (κ2) is 4.41. The first-order chi connectivity index (χ1) is 8.09. The predicted molar refractivity (Wildman–Crippen MR) is 59.6 cm³/mol. The van der Waals surface area contributed by atoms with Gasteiger partial charge in [0.1, 0.15) is 11.6 Å². The Morgan fingerprint density at radius 1 is 1.18 bits per heavy atom. The van der Waals surface area contributed by atoms with Gasteiger partial charge in [0.2, 0.25) is 0 Å². The topological polar surface area (TPSA) is 30.0 Å². The lowest BCUT2D eigenvalue weighted by atomic mass is 9.98. The number of ketones is 1. The van der Waals surface area contributed by atoms with E-state index in [0.717, 1.165) is 12.3 Å². The average molecular weight is 233 g/mol. The Morgan fingerprint density at radius 3 is 2.59 bits per heavy atom. The van der Waals surface area contributed by atoms with Crippen molar-refractivity contribution in [3.63, 3.8) is 0 Å². The highest BCUT2D eigenvalue weighted by Crippen LogP contribution is 2.26. The third-order valence-electron chi connectivity index (χ3n) is 2.42. The third kappa shape index (κ3) is 2.20. The monoisotopic (exact) mass is 233 g/mol. The summed E-state index contributed by atoms with van der Waals surface area (Å²) in [5, 5.41) is 0. The molecule has 0 N–H and O–H groups in total. The van der Waals surface area contributed by atoms with Crippen molar-refractivity contribution in [1.82, 2.24) is 4.98 Å². The third-order valence-corrected chi connectivity index (χ3v) is 2.42. The largest absolute Gasteiger partial charge is 0.294 e. The van der Waals surface area contributed by atoms with E-state index in [-0.39, 0.29) is 22.5 Å². The Labute approximate surface area is 96.9 Å². The van der Waals surface area contributed by atoms with E-state index >= 15 is 0 Å². The molecule has 0 spiro atoms. The Balaban J connectivity index is 2.70. The molecule has 1 aromatic heterocycles. The van der Waals surface area contributed by atoms with E-state index < -0.39 is 11.6 Å². The van der Waals surface area contributed by atoms with Crippen LogP contribution in [0.25, 0.3) is 11.1 Å². The number of hydrogen-bond donors (Lipinski definition) is 0. The molecular formula is C13H9F2NO. The molecule has 0 amide bonds.